The van der Waals surface area contributed by atoms with Crippen LogP contribution in [0.25, 0.3) is 10.9 Å². The van der Waals surface area contributed by atoms with Gasteiger partial charge in [0.1, 0.15) is 11.5 Å². The summed E-state index contributed by atoms with van der Waals surface area (Å²) in [6.45, 7) is 0.878. The van der Waals surface area contributed by atoms with Gasteiger partial charge >= 0.3 is 0 Å². The number of H-pyrrole nitrogens is 1. The van der Waals surface area contributed by atoms with E-state index in [4.69, 9.17) is 0 Å². The molecule has 0 radical (unpaired) electrons. The number of nitrogens with one attached hydrogen (secondary N) is 2. The molecule has 0 saturated heterocycles. The predicted molar refractivity (Wildman–Crippen MR) is 90.4 cm³/mol. The van der Waals surface area contributed by atoms with Crippen molar-refractivity contribution in [3.63, 3.8) is 0 Å². The lowest BCUT2D eigenvalue weighted by Gasteiger charge is -2.16. The van der Waals surface area contributed by atoms with Crippen LogP contribution in [0, 0.1) is 5.82 Å². The Labute approximate surface area is 132 Å². The van der Waals surface area contributed by atoms with Crippen molar-refractivity contribution in [3.05, 3.63) is 53.5 Å². The lowest BCUT2D eigenvalue weighted by atomic mass is 10.0. The second kappa shape index (κ2) is 5.43. The van der Waals surface area contributed by atoms with E-state index in [0.717, 1.165) is 35.1 Å². The van der Waals surface area contributed by atoms with Crippen LogP contribution in [0.3, 0.4) is 0 Å². The average molecular weight is 309 g/mol. The fraction of sp³-hybridized carbons (Fsp3) is 0.167. The molecule has 2 aromatic carbocycles. The van der Waals surface area contributed by atoms with E-state index in [1.807, 2.05) is 12.3 Å². The molecule has 0 aliphatic carbocycles. The van der Waals surface area contributed by atoms with Crippen molar-refractivity contribution >= 4 is 28.5 Å². The van der Waals surface area contributed by atoms with Gasteiger partial charge in [-0.05, 0) is 35.7 Å². The molecular formula is C18H16FN3O. The van der Waals surface area contributed by atoms with Crippen LogP contribution in [-0.2, 0) is 12.8 Å². The molecule has 2 heterocycles. The van der Waals surface area contributed by atoms with E-state index in [1.54, 1.807) is 18.3 Å². The van der Waals surface area contributed by atoms with E-state index < -0.39 is 0 Å². The molecule has 23 heavy (non-hydrogen) atoms. The highest BCUT2D eigenvalue weighted by Crippen LogP contribution is 2.42. The van der Waals surface area contributed by atoms with Crippen molar-refractivity contribution in [2.24, 2.45) is 4.99 Å². The van der Waals surface area contributed by atoms with Gasteiger partial charge in [-0.15, -0.1) is 0 Å². The van der Waals surface area contributed by atoms with E-state index >= 15 is 0 Å². The molecule has 3 N–H and O–H groups in total. The number of phenols is 1. The maximum absolute atomic E-state index is 12.9. The Morgan fingerprint density at radius 2 is 2.09 bits per heavy atom. The van der Waals surface area contributed by atoms with Gasteiger partial charge in [0, 0.05) is 36.5 Å². The summed E-state index contributed by atoms with van der Waals surface area (Å²) in [5.41, 5.74) is 4.42. The first-order valence-corrected chi connectivity index (χ1v) is 7.59. The molecule has 0 bridgehead atoms. The summed E-state index contributed by atoms with van der Waals surface area (Å²) >= 11 is 0. The normalized spacial score (nSPS) is 13.6. The number of aromatic hydroxyl groups is 1. The number of rotatable bonds is 3. The van der Waals surface area contributed by atoms with Gasteiger partial charge in [0.25, 0.3) is 0 Å². The number of nitrogens with zero attached hydrogens (tertiary/aromatic N) is 1. The van der Waals surface area contributed by atoms with Crippen molar-refractivity contribution in [3.8, 4) is 5.75 Å². The maximum atomic E-state index is 12.9. The Morgan fingerprint density at radius 3 is 2.91 bits per heavy atom. The number of hydrogen-bond acceptors (Lipinski definition) is 3. The zero-order valence-electron chi connectivity index (χ0n) is 12.4. The van der Waals surface area contributed by atoms with E-state index in [9.17, 15) is 9.50 Å². The van der Waals surface area contributed by atoms with Gasteiger partial charge < -0.3 is 15.4 Å². The van der Waals surface area contributed by atoms with Gasteiger partial charge in [-0.3, -0.25) is 4.99 Å². The van der Waals surface area contributed by atoms with Gasteiger partial charge in [0.2, 0.25) is 0 Å². The van der Waals surface area contributed by atoms with Crippen LogP contribution in [0.1, 0.15) is 11.1 Å². The molecule has 1 aliphatic rings. The molecule has 1 aromatic heterocycles. The van der Waals surface area contributed by atoms with Crippen LogP contribution >= 0.6 is 0 Å². The Morgan fingerprint density at radius 1 is 1.26 bits per heavy atom. The lowest BCUT2D eigenvalue weighted by molar-refractivity contribution is 0.482. The quantitative estimate of drug-likeness (QED) is 0.507. The zero-order valence-corrected chi connectivity index (χ0v) is 12.4. The molecule has 4 nitrogen and oxygen atoms in total. The molecule has 1 aliphatic heterocycles. The van der Waals surface area contributed by atoms with E-state index in [0.29, 0.717) is 12.1 Å². The molecule has 3 aromatic rings. The standard InChI is InChI=1S/C18H16FN3O/c19-13-3-1-11(2-4-13)5-7-21-15-9-14-16-12(6-8-20-14)10-22-17(16)18(15)23/h1-4,7,9-10,20,22-23H,5-6,8H2. The highest BCUT2D eigenvalue weighted by Gasteiger charge is 2.18. The van der Waals surface area contributed by atoms with Crippen molar-refractivity contribution in [1.29, 1.82) is 0 Å². The van der Waals surface area contributed by atoms with E-state index in [-0.39, 0.29) is 11.6 Å². The first-order valence-electron chi connectivity index (χ1n) is 7.59. The summed E-state index contributed by atoms with van der Waals surface area (Å²) in [6.07, 6.45) is 5.20. The van der Waals surface area contributed by atoms with Gasteiger partial charge in [0.15, 0.2) is 5.75 Å². The number of aromatic amines is 1. The van der Waals surface area contributed by atoms with Crippen LogP contribution in [0.5, 0.6) is 5.75 Å². The molecular weight excluding hydrogens is 293 g/mol. The number of aliphatic imine (C=N–C) groups is 1. The monoisotopic (exact) mass is 309 g/mol. The minimum absolute atomic E-state index is 0.161. The Bertz CT molecular complexity index is 897. The summed E-state index contributed by atoms with van der Waals surface area (Å²) in [6, 6.07) is 8.19. The molecule has 0 amide bonds. The zero-order chi connectivity index (χ0) is 15.8. The number of hydrogen-bond donors (Lipinski definition) is 3. The topological polar surface area (TPSA) is 60.4 Å². The SMILES string of the molecule is Oc1c(N=CCc2ccc(F)cc2)cc2c3c(c[nH]c13)CCN2. The van der Waals surface area contributed by atoms with E-state index in [1.165, 1.54) is 17.7 Å². The molecule has 116 valence electrons. The Balaban J connectivity index is 1.65. The van der Waals surface area contributed by atoms with Gasteiger partial charge in [-0.2, -0.15) is 0 Å². The average Bonchev–Trinajstić information content (AvgIpc) is 3.00. The van der Waals surface area contributed by atoms with Crippen molar-refractivity contribution in [2.45, 2.75) is 12.8 Å². The van der Waals surface area contributed by atoms with Crippen molar-refractivity contribution < 1.29 is 9.50 Å². The Hall–Kier alpha value is -2.82. The third-order valence-electron chi connectivity index (χ3n) is 4.17. The largest absolute Gasteiger partial charge is 0.504 e. The smallest absolute Gasteiger partial charge is 0.165 e. The van der Waals surface area contributed by atoms with Crippen LogP contribution in [-0.4, -0.2) is 22.8 Å². The molecule has 0 saturated carbocycles. The third kappa shape index (κ3) is 2.44. The molecule has 0 fully saturated rings. The van der Waals surface area contributed by atoms with Crippen LogP contribution < -0.4 is 5.32 Å². The van der Waals surface area contributed by atoms with Crippen molar-refractivity contribution in [2.75, 3.05) is 11.9 Å². The molecule has 4 rings (SSSR count). The number of halogens is 1. The van der Waals surface area contributed by atoms with Crippen LogP contribution in [0.2, 0.25) is 0 Å². The second-order valence-corrected chi connectivity index (χ2v) is 5.67. The maximum Gasteiger partial charge on any atom is 0.165 e. The number of phenolic OH excluding ortho intramolecular Hbond substituents is 1. The molecule has 0 unspecified atom stereocenters. The highest BCUT2D eigenvalue weighted by atomic mass is 19.1. The number of aromatic nitrogens is 1. The summed E-state index contributed by atoms with van der Waals surface area (Å²) in [5.74, 6) is -0.0874. The molecule has 5 heteroatoms. The summed E-state index contributed by atoms with van der Waals surface area (Å²) in [7, 11) is 0. The van der Waals surface area contributed by atoms with Gasteiger partial charge in [-0.1, -0.05) is 12.1 Å². The lowest BCUT2D eigenvalue weighted by Crippen LogP contribution is -2.09. The summed E-state index contributed by atoms with van der Waals surface area (Å²) < 4.78 is 12.9. The van der Waals surface area contributed by atoms with Gasteiger partial charge in [0.05, 0.1) is 5.52 Å². The summed E-state index contributed by atoms with van der Waals surface area (Å²) in [5, 5.41) is 14.8. The second-order valence-electron chi connectivity index (χ2n) is 5.67. The first-order chi connectivity index (χ1) is 11.2. The fourth-order valence-electron chi connectivity index (χ4n) is 3.00. The van der Waals surface area contributed by atoms with Crippen LogP contribution in [0.15, 0.2) is 41.5 Å². The first kappa shape index (κ1) is 13.8. The highest BCUT2D eigenvalue weighted by molar-refractivity contribution is 6.03. The third-order valence-corrected chi connectivity index (χ3v) is 4.17. The predicted octanol–water partition coefficient (Wildman–Crippen LogP) is 3.93. The number of anilines is 1. The molecule has 0 atom stereocenters. The Kier molecular flexibility index (Phi) is 3.26. The van der Waals surface area contributed by atoms with Gasteiger partial charge in [-0.25, -0.2) is 4.39 Å². The minimum Gasteiger partial charge on any atom is -0.504 e. The van der Waals surface area contributed by atoms with Crippen molar-refractivity contribution in [1.82, 2.24) is 4.98 Å². The fourth-order valence-corrected chi connectivity index (χ4v) is 3.00. The molecule has 0 spiro atoms. The number of benzene rings is 2. The van der Waals surface area contributed by atoms with E-state index in [2.05, 4.69) is 15.3 Å². The summed E-state index contributed by atoms with van der Waals surface area (Å²) in [4.78, 5) is 7.52. The van der Waals surface area contributed by atoms with Crippen LogP contribution in [0.4, 0.5) is 15.8 Å². The minimum atomic E-state index is -0.249.